The molecule has 38 heavy (non-hydrogen) atoms. The van der Waals surface area contributed by atoms with Crippen molar-refractivity contribution in [3.05, 3.63) is 88.3 Å². The van der Waals surface area contributed by atoms with Gasteiger partial charge in [-0.2, -0.15) is 0 Å². The zero-order valence-electron chi connectivity index (χ0n) is 21.4. The van der Waals surface area contributed by atoms with Gasteiger partial charge in [-0.25, -0.2) is 0 Å². The summed E-state index contributed by atoms with van der Waals surface area (Å²) in [5, 5.41) is 2.18. The molecule has 1 fully saturated rings. The summed E-state index contributed by atoms with van der Waals surface area (Å²) < 4.78 is 16.8. The molecule has 3 aromatic rings. The number of imide groups is 1. The molecule has 0 aliphatic carbocycles. The summed E-state index contributed by atoms with van der Waals surface area (Å²) in [4.78, 5) is 39.1. The number of benzene rings is 3. The number of rotatable bonds is 10. The number of methoxy groups -OCH3 is 1. The molecule has 0 unspecified atom stereocenters. The number of carbonyl (C=O) groups excluding carboxylic acids is 3. The third kappa shape index (κ3) is 6.74. The Morgan fingerprint density at radius 3 is 2.50 bits per heavy atom. The van der Waals surface area contributed by atoms with Gasteiger partial charge in [0.15, 0.2) is 11.5 Å². The summed E-state index contributed by atoms with van der Waals surface area (Å²) >= 11 is 0.792. The van der Waals surface area contributed by atoms with Crippen LogP contribution < -0.4 is 19.5 Å². The molecule has 0 radical (unpaired) electrons. The van der Waals surface area contributed by atoms with E-state index in [-0.39, 0.29) is 11.4 Å². The molecule has 0 atom stereocenters. The predicted octanol–water partition coefficient (Wildman–Crippen LogP) is 5.66. The third-order valence-electron chi connectivity index (χ3n) is 5.59. The lowest BCUT2D eigenvalue weighted by molar-refractivity contribution is -0.127. The number of ether oxygens (including phenoxy) is 3. The van der Waals surface area contributed by atoms with E-state index in [1.54, 1.807) is 55.7 Å². The molecule has 1 heterocycles. The molecule has 0 aromatic heterocycles. The highest BCUT2D eigenvalue weighted by Gasteiger charge is 2.36. The zero-order valence-corrected chi connectivity index (χ0v) is 22.2. The van der Waals surface area contributed by atoms with E-state index in [0.29, 0.717) is 41.7 Å². The maximum Gasteiger partial charge on any atom is 0.294 e. The highest BCUT2D eigenvalue weighted by atomic mass is 32.2. The Morgan fingerprint density at radius 1 is 1.00 bits per heavy atom. The molecule has 9 heteroatoms. The van der Waals surface area contributed by atoms with Crippen LogP contribution in [0.1, 0.15) is 23.6 Å². The Labute approximate surface area is 225 Å². The molecular weight excluding hydrogens is 504 g/mol. The van der Waals surface area contributed by atoms with Crippen molar-refractivity contribution in [3.8, 4) is 17.2 Å². The number of anilines is 1. The highest BCUT2D eigenvalue weighted by Crippen LogP contribution is 2.35. The summed E-state index contributed by atoms with van der Waals surface area (Å²) in [7, 11) is 1.55. The Kier molecular flexibility index (Phi) is 8.70. The summed E-state index contributed by atoms with van der Waals surface area (Å²) in [5.74, 6) is 0.758. The number of hydrogen-bond donors (Lipinski definition) is 1. The van der Waals surface area contributed by atoms with Gasteiger partial charge in [0.05, 0.1) is 18.6 Å². The van der Waals surface area contributed by atoms with Gasteiger partial charge >= 0.3 is 0 Å². The van der Waals surface area contributed by atoms with Gasteiger partial charge in [0.1, 0.15) is 18.9 Å². The van der Waals surface area contributed by atoms with Crippen LogP contribution in [0.15, 0.2) is 71.6 Å². The van der Waals surface area contributed by atoms with Crippen molar-refractivity contribution in [2.45, 2.75) is 20.5 Å². The van der Waals surface area contributed by atoms with Crippen LogP contribution >= 0.6 is 11.8 Å². The number of nitrogens with zero attached hydrogens (tertiary/aromatic N) is 1. The van der Waals surface area contributed by atoms with Gasteiger partial charge in [-0.15, -0.1) is 0 Å². The van der Waals surface area contributed by atoms with Crippen LogP contribution in [-0.2, 0) is 16.2 Å². The first kappa shape index (κ1) is 26.8. The molecule has 1 aliphatic heterocycles. The topological polar surface area (TPSA) is 94.2 Å². The average molecular weight is 533 g/mol. The van der Waals surface area contributed by atoms with Gasteiger partial charge in [0.2, 0.25) is 5.91 Å². The molecule has 4 rings (SSSR count). The van der Waals surface area contributed by atoms with Gasteiger partial charge in [-0.3, -0.25) is 19.3 Å². The van der Waals surface area contributed by atoms with E-state index in [2.05, 4.69) is 11.4 Å². The van der Waals surface area contributed by atoms with Crippen molar-refractivity contribution < 1.29 is 28.6 Å². The van der Waals surface area contributed by atoms with Crippen molar-refractivity contribution in [3.63, 3.8) is 0 Å². The van der Waals surface area contributed by atoms with Crippen molar-refractivity contribution in [1.29, 1.82) is 0 Å². The van der Waals surface area contributed by atoms with Gasteiger partial charge in [-0.1, -0.05) is 35.9 Å². The van der Waals surface area contributed by atoms with Crippen LogP contribution in [0.4, 0.5) is 10.5 Å². The normalized spacial score (nSPS) is 14.1. The second-order valence-corrected chi connectivity index (χ2v) is 9.45. The molecule has 0 bridgehead atoms. The molecule has 1 N–H and O–H groups in total. The molecule has 0 spiro atoms. The standard InChI is InChI=1S/C29H28N2O6S/c1-4-36-25-15-20(8-13-24(25)37-18-21-7-5-6-19(2)14-21)16-26-28(33)31(29(34)38-26)17-27(32)30-22-9-11-23(35-3)12-10-22/h5-16H,4,17-18H2,1-3H3,(H,30,32)/b26-16-. The van der Waals surface area contributed by atoms with Gasteiger partial charge < -0.3 is 19.5 Å². The number of nitrogens with one attached hydrogen (secondary N) is 1. The Bertz CT molecular complexity index is 1370. The Balaban J connectivity index is 1.43. The fourth-order valence-electron chi connectivity index (χ4n) is 3.77. The van der Waals surface area contributed by atoms with Crippen LogP contribution in [0.2, 0.25) is 0 Å². The van der Waals surface area contributed by atoms with E-state index in [1.807, 2.05) is 32.0 Å². The van der Waals surface area contributed by atoms with Crippen molar-refractivity contribution in [2.24, 2.45) is 0 Å². The smallest absolute Gasteiger partial charge is 0.294 e. The number of amides is 3. The quantitative estimate of drug-likeness (QED) is 0.337. The van der Waals surface area contributed by atoms with Gasteiger partial charge in [-0.05, 0) is 79.2 Å². The molecule has 3 amide bonds. The second kappa shape index (κ2) is 12.3. The first-order chi connectivity index (χ1) is 18.4. The van der Waals surface area contributed by atoms with E-state index >= 15 is 0 Å². The first-order valence-corrected chi connectivity index (χ1v) is 12.8. The van der Waals surface area contributed by atoms with Crippen molar-refractivity contribution in [2.75, 3.05) is 25.6 Å². The number of hydrogen-bond acceptors (Lipinski definition) is 7. The average Bonchev–Trinajstić information content (AvgIpc) is 3.16. The lowest BCUT2D eigenvalue weighted by Crippen LogP contribution is -2.36. The summed E-state index contributed by atoms with van der Waals surface area (Å²) in [6, 6.07) is 20.1. The van der Waals surface area contributed by atoms with Crippen LogP contribution in [0.25, 0.3) is 6.08 Å². The maximum atomic E-state index is 12.9. The van der Waals surface area contributed by atoms with E-state index in [0.717, 1.165) is 27.8 Å². The predicted molar refractivity (Wildman–Crippen MR) is 147 cm³/mol. The summed E-state index contributed by atoms with van der Waals surface area (Å²) in [6.45, 7) is 4.34. The number of carbonyl (C=O) groups is 3. The van der Waals surface area contributed by atoms with E-state index in [4.69, 9.17) is 14.2 Å². The maximum absolute atomic E-state index is 12.9. The van der Waals surface area contributed by atoms with Crippen LogP contribution in [-0.4, -0.2) is 42.2 Å². The molecule has 0 saturated carbocycles. The van der Waals surface area contributed by atoms with Gasteiger partial charge in [0.25, 0.3) is 11.1 Å². The first-order valence-electron chi connectivity index (χ1n) is 12.0. The molecular formula is C29H28N2O6S. The van der Waals surface area contributed by atoms with Crippen LogP contribution in [0, 0.1) is 6.92 Å². The van der Waals surface area contributed by atoms with Crippen LogP contribution in [0.5, 0.6) is 17.2 Å². The lowest BCUT2D eigenvalue weighted by atomic mass is 10.1. The zero-order chi connectivity index (χ0) is 27.1. The van der Waals surface area contributed by atoms with E-state index < -0.39 is 17.1 Å². The van der Waals surface area contributed by atoms with Crippen LogP contribution in [0.3, 0.4) is 0 Å². The van der Waals surface area contributed by atoms with E-state index in [9.17, 15) is 14.4 Å². The fourth-order valence-corrected chi connectivity index (χ4v) is 4.61. The Morgan fingerprint density at radius 2 is 1.79 bits per heavy atom. The molecule has 196 valence electrons. The minimum atomic E-state index is -0.525. The highest BCUT2D eigenvalue weighted by molar-refractivity contribution is 8.18. The van der Waals surface area contributed by atoms with Crippen molar-refractivity contribution >= 4 is 40.6 Å². The minimum Gasteiger partial charge on any atom is -0.497 e. The second-order valence-electron chi connectivity index (χ2n) is 8.46. The molecule has 1 saturated heterocycles. The summed E-state index contributed by atoms with van der Waals surface area (Å²) in [6.07, 6.45) is 1.61. The number of thioether (sulfide) groups is 1. The van der Waals surface area contributed by atoms with E-state index in [1.165, 1.54) is 0 Å². The molecule has 3 aromatic carbocycles. The molecule has 8 nitrogen and oxygen atoms in total. The summed E-state index contributed by atoms with van der Waals surface area (Å²) in [5.41, 5.74) is 3.40. The van der Waals surface area contributed by atoms with Crippen molar-refractivity contribution in [1.82, 2.24) is 4.90 Å². The largest absolute Gasteiger partial charge is 0.497 e. The molecule has 1 aliphatic rings. The third-order valence-corrected chi connectivity index (χ3v) is 6.50. The number of aryl methyl sites for hydroxylation is 1. The lowest BCUT2D eigenvalue weighted by Gasteiger charge is -2.13. The monoisotopic (exact) mass is 532 g/mol. The van der Waals surface area contributed by atoms with Gasteiger partial charge in [0, 0.05) is 5.69 Å². The SMILES string of the molecule is CCOc1cc(/C=C2\SC(=O)N(CC(=O)Nc3ccc(OC)cc3)C2=O)ccc1OCc1cccc(C)c1. The fraction of sp³-hybridized carbons (Fsp3) is 0.207. The Hall–Kier alpha value is -4.24. The minimum absolute atomic E-state index is 0.225.